The molecule has 1 heterocycles. The number of sulfonamides is 1. The summed E-state index contributed by atoms with van der Waals surface area (Å²) in [5.74, 6) is 0.446. The van der Waals surface area contributed by atoms with Crippen molar-refractivity contribution in [2.24, 2.45) is 5.92 Å². The molecule has 0 spiro atoms. The van der Waals surface area contributed by atoms with E-state index >= 15 is 0 Å². The average Bonchev–Trinajstić information content (AvgIpc) is 2.50. The number of nitro groups is 1. The number of halogens is 1. The van der Waals surface area contributed by atoms with Gasteiger partial charge in [0.05, 0.1) is 4.92 Å². The van der Waals surface area contributed by atoms with Gasteiger partial charge in [0.1, 0.15) is 0 Å². The molecule has 1 aliphatic rings. The molecular weight excluding hydrogens is 354 g/mol. The van der Waals surface area contributed by atoms with Gasteiger partial charge in [0, 0.05) is 12.6 Å². The zero-order valence-electron chi connectivity index (χ0n) is 13.9. The van der Waals surface area contributed by atoms with Gasteiger partial charge in [-0.2, -0.15) is 0 Å². The average molecular weight is 378 g/mol. The van der Waals surface area contributed by atoms with E-state index in [9.17, 15) is 18.5 Å². The molecule has 0 aromatic heterocycles. The summed E-state index contributed by atoms with van der Waals surface area (Å²) in [6, 6.07) is 2.69. The van der Waals surface area contributed by atoms with Gasteiger partial charge in [0.15, 0.2) is 4.90 Å². The second-order valence-electron chi connectivity index (χ2n) is 6.06. The predicted octanol–water partition coefficient (Wildman–Crippen LogP) is 2.30. The van der Waals surface area contributed by atoms with Crippen LogP contribution in [0, 0.1) is 29.9 Å². The van der Waals surface area contributed by atoms with Gasteiger partial charge in [-0.1, -0.05) is 0 Å². The topological polar surface area (TPSA) is 101 Å². The number of nitrogens with zero attached hydrogens (tertiary/aromatic N) is 1. The lowest BCUT2D eigenvalue weighted by Gasteiger charge is -2.22. The van der Waals surface area contributed by atoms with Crippen LogP contribution in [0.25, 0.3) is 0 Å². The van der Waals surface area contributed by atoms with E-state index < -0.39 is 14.9 Å². The zero-order chi connectivity index (χ0) is 17.0. The fourth-order valence-electron chi connectivity index (χ4n) is 2.78. The van der Waals surface area contributed by atoms with Crippen molar-refractivity contribution >= 4 is 28.1 Å². The Kier molecular flexibility index (Phi) is 7.59. The number of nitro benzene ring substituents is 1. The van der Waals surface area contributed by atoms with E-state index in [0.717, 1.165) is 32.4 Å². The first kappa shape index (κ1) is 20.8. The Hall–Kier alpha value is -1.22. The van der Waals surface area contributed by atoms with Crippen LogP contribution in [-0.4, -0.2) is 33.0 Å². The molecule has 1 unspecified atom stereocenters. The first-order valence-electron chi connectivity index (χ1n) is 7.77. The van der Waals surface area contributed by atoms with Gasteiger partial charge in [-0.15, -0.1) is 12.4 Å². The van der Waals surface area contributed by atoms with Crippen molar-refractivity contribution in [2.45, 2.75) is 38.0 Å². The van der Waals surface area contributed by atoms with Gasteiger partial charge in [0.25, 0.3) is 5.69 Å². The molecule has 1 saturated heterocycles. The lowest BCUT2D eigenvalue weighted by Crippen LogP contribution is -2.33. The Balaban J connectivity index is 0.00000288. The highest BCUT2D eigenvalue weighted by molar-refractivity contribution is 7.89. The van der Waals surface area contributed by atoms with Crippen LogP contribution in [-0.2, 0) is 10.0 Å². The van der Waals surface area contributed by atoms with E-state index in [2.05, 4.69) is 10.0 Å². The molecule has 7 nitrogen and oxygen atoms in total. The third kappa shape index (κ3) is 5.14. The quantitative estimate of drug-likeness (QED) is 0.585. The van der Waals surface area contributed by atoms with Crippen LogP contribution in [0.5, 0.6) is 0 Å². The fraction of sp³-hybridized carbons (Fsp3) is 0.600. The number of piperidine rings is 1. The monoisotopic (exact) mass is 377 g/mol. The molecule has 1 aliphatic heterocycles. The highest BCUT2D eigenvalue weighted by atomic mass is 35.5. The normalized spacial score (nSPS) is 18.0. The standard InChI is InChI=1S/C15H23N3O4S.ClH/c1-11-8-14(18(19)20)15(9-12(11)2)23(21,22)17-7-5-13-4-3-6-16-10-13;/h8-9,13,16-17H,3-7,10H2,1-2H3;1H. The summed E-state index contributed by atoms with van der Waals surface area (Å²) in [5.41, 5.74) is 1.04. The molecule has 2 N–H and O–H groups in total. The van der Waals surface area contributed by atoms with E-state index in [1.54, 1.807) is 13.8 Å². The summed E-state index contributed by atoms with van der Waals surface area (Å²) in [4.78, 5) is 10.3. The van der Waals surface area contributed by atoms with Gasteiger partial charge in [0.2, 0.25) is 10.0 Å². The minimum atomic E-state index is -3.89. The minimum Gasteiger partial charge on any atom is -0.316 e. The second-order valence-corrected chi connectivity index (χ2v) is 7.80. The molecule has 9 heteroatoms. The maximum atomic E-state index is 12.4. The number of benzene rings is 1. The van der Waals surface area contributed by atoms with Crippen molar-refractivity contribution in [1.29, 1.82) is 0 Å². The third-order valence-electron chi connectivity index (χ3n) is 4.31. The van der Waals surface area contributed by atoms with Crippen LogP contribution in [0.1, 0.15) is 30.4 Å². The molecule has 0 radical (unpaired) electrons. The number of nitrogens with one attached hydrogen (secondary N) is 2. The van der Waals surface area contributed by atoms with Gasteiger partial charge in [-0.25, -0.2) is 13.1 Å². The summed E-state index contributed by atoms with van der Waals surface area (Å²) in [6.45, 7) is 5.66. The predicted molar refractivity (Wildman–Crippen MR) is 95.2 cm³/mol. The Bertz CT molecular complexity index is 688. The first-order chi connectivity index (χ1) is 10.8. The Labute approximate surface area is 148 Å². The van der Waals surface area contributed by atoms with Gasteiger partial charge in [-0.3, -0.25) is 10.1 Å². The van der Waals surface area contributed by atoms with E-state index in [0.29, 0.717) is 23.6 Å². The van der Waals surface area contributed by atoms with E-state index in [-0.39, 0.29) is 23.0 Å². The van der Waals surface area contributed by atoms with E-state index in [4.69, 9.17) is 0 Å². The largest absolute Gasteiger partial charge is 0.316 e. The highest BCUT2D eigenvalue weighted by Gasteiger charge is 2.26. The van der Waals surface area contributed by atoms with Gasteiger partial charge in [-0.05, 0) is 69.3 Å². The molecule has 1 aromatic carbocycles. The number of rotatable bonds is 6. The van der Waals surface area contributed by atoms with Crippen LogP contribution in [0.15, 0.2) is 17.0 Å². The number of aryl methyl sites for hydroxylation is 2. The lowest BCUT2D eigenvalue weighted by atomic mass is 9.96. The molecule has 0 bridgehead atoms. The van der Waals surface area contributed by atoms with Crippen LogP contribution in [0.2, 0.25) is 0 Å². The molecule has 2 rings (SSSR count). The smallest absolute Gasteiger partial charge is 0.289 e. The SMILES string of the molecule is Cc1cc([N+](=O)[O-])c(S(=O)(=O)NCCC2CCCNC2)cc1C.Cl. The molecule has 1 fully saturated rings. The fourth-order valence-corrected chi connectivity index (χ4v) is 4.06. The first-order valence-corrected chi connectivity index (χ1v) is 9.25. The van der Waals surface area contributed by atoms with E-state index in [1.807, 2.05) is 0 Å². The van der Waals surface area contributed by atoms with E-state index in [1.165, 1.54) is 12.1 Å². The molecule has 0 aliphatic carbocycles. The molecule has 1 aromatic rings. The van der Waals surface area contributed by atoms with Crippen LogP contribution >= 0.6 is 12.4 Å². The Morgan fingerprint density at radius 1 is 1.33 bits per heavy atom. The number of hydrogen-bond donors (Lipinski definition) is 2. The van der Waals surface area contributed by atoms with Gasteiger partial charge >= 0.3 is 0 Å². The Morgan fingerprint density at radius 3 is 2.58 bits per heavy atom. The van der Waals surface area contributed by atoms with Crippen molar-refractivity contribution in [1.82, 2.24) is 10.0 Å². The maximum absolute atomic E-state index is 12.4. The van der Waals surface area contributed by atoms with Crippen molar-refractivity contribution in [2.75, 3.05) is 19.6 Å². The molecular formula is C15H24ClN3O4S. The molecule has 136 valence electrons. The maximum Gasteiger partial charge on any atom is 0.289 e. The van der Waals surface area contributed by atoms with Crippen molar-refractivity contribution < 1.29 is 13.3 Å². The van der Waals surface area contributed by atoms with Gasteiger partial charge < -0.3 is 5.32 Å². The second kappa shape index (κ2) is 8.75. The third-order valence-corrected chi connectivity index (χ3v) is 5.80. The summed E-state index contributed by atoms with van der Waals surface area (Å²) < 4.78 is 27.4. The minimum absolute atomic E-state index is 0. The van der Waals surface area contributed by atoms with Crippen LogP contribution in [0.3, 0.4) is 0 Å². The summed E-state index contributed by atoms with van der Waals surface area (Å²) in [5, 5.41) is 14.4. The lowest BCUT2D eigenvalue weighted by molar-refractivity contribution is -0.387. The number of hydrogen-bond acceptors (Lipinski definition) is 5. The highest BCUT2D eigenvalue weighted by Crippen LogP contribution is 2.27. The molecule has 0 saturated carbocycles. The van der Waals surface area contributed by atoms with Crippen LogP contribution < -0.4 is 10.0 Å². The van der Waals surface area contributed by atoms with Crippen molar-refractivity contribution in [3.05, 3.63) is 33.4 Å². The zero-order valence-corrected chi connectivity index (χ0v) is 15.5. The van der Waals surface area contributed by atoms with Crippen molar-refractivity contribution in [3.8, 4) is 0 Å². The van der Waals surface area contributed by atoms with Crippen LogP contribution in [0.4, 0.5) is 5.69 Å². The molecule has 1 atom stereocenters. The molecule has 0 amide bonds. The summed E-state index contributed by atoms with van der Waals surface area (Å²) in [7, 11) is -3.89. The summed E-state index contributed by atoms with van der Waals surface area (Å²) in [6.07, 6.45) is 2.91. The Morgan fingerprint density at radius 2 is 2.00 bits per heavy atom. The summed E-state index contributed by atoms with van der Waals surface area (Å²) >= 11 is 0. The molecule has 24 heavy (non-hydrogen) atoms. The van der Waals surface area contributed by atoms with Crippen molar-refractivity contribution in [3.63, 3.8) is 0 Å².